The predicted octanol–water partition coefficient (Wildman–Crippen LogP) is 2.79. The van der Waals surface area contributed by atoms with Crippen molar-refractivity contribution in [3.05, 3.63) is 88.8 Å². The second kappa shape index (κ2) is 7.55. The summed E-state index contributed by atoms with van der Waals surface area (Å²) in [4.78, 5) is 12.6. The van der Waals surface area contributed by atoms with Gasteiger partial charge in [0, 0.05) is 24.9 Å². The summed E-state index contributed by atoms with van der Waals surface area (Å²) in [6.07, 6.45) is 0.503. The van der Waals surface area contributed by atoms with Gasteiger partial charge in [-0.15, -0.1) is 0 Å². The molecule has 31 heavy (non-hydrogen) atoms. The molecule has 162 valence electrons. The van der Waals surface area contributed by atoms with E-state index in [0.717, 1.165) is 0 Å². The van der Waals surface area contributed by atoms with Gasteiger partial charge in [0.25, 0.3) is 15.6 Å². The quantitative estimate of drug-likeness (QED) is 0.674. The fraction of sp³-hybridized carbons (Fsp3) is 0.261. The number of hydrogen-bond donors (Lipinski definition) is 1. The first-order chi connectivity index (χ1) is 14.6. The molecule has 2 heterocycles. The molecule has 0 saturated heterocycles. The van der Waals surface area contributed by atoms with E-state index >= 15 is 0 Å². The maximum absolute atomic E-state index is 13.3. The molecule has 0 amide bonds. The van der Waals surface area contributed by atoms with Crippen molar-refractivity contribution >= 4 is 15.7 Å². The third-order valence-electron chi connectivity index (χ3n) is 5.61. The minimum Gasteiger partial charge on any atom is -0.485 e. The summed E-state index contributed by atoms with van der Waals surface area (Å²) >= 11 is 0. The molecule has 2 atom stereocenters. The standard InChI is InChI=1S/C23H24N2O5S/c1-23(2)22(27)21(25-14-8-7-11-20(25)26)18-15-17(12-13-19(18)30-23)31(28,29)24(3)16-9-5-4-6-10-16/h4-15,21-22,27H,1-3H3/t21-,22+/m1/s1. The second-order valence-corrected chi connectivity index (χ2v) is 10.0. The average Bonchev–Trinajstić information content (AvgIpc) is 2.75. The monoisotopic (exact) mass is 440 g/mol. The van der Waals surface area contributed by atoms with Crippen molar-refractivity contribution in [2.75, 3.05) is 11.4 Å². The van der Waals surface area contributed by atoms with Gasteiger partial charge in [-0.05, 0) is 50.2 Å². The Morgan fingerprint density at radius 3 is 2.39 bits per heavy atom. The Balaban J connectivity index is 1.87. The summed E-state index contributed by atoms with van der Waals surface area (Å²) in [5.74, 6) is 0.428. The number of aliphatic hydroxyl groups is 1. The Morgan fingerprint density at radius 2 is 1.71 bits per heavy atom. The van der Waals surface area contributed by atoms with Crippen molar-refractivity contribution in [3.8, 4) is 5.75 Å². The van der Waals surface area contributed by atoms with Crippen molar-refractivity contribution in [1.82, 2.24) is 4.57 Å². The smallest absolute Gasteiger partial charge is 0.264 e. The number of aromatic nitrogens is 1. The van der Waals surface area contributed by atoms with E-state index in [1.165, 1.54) is 34.1 Å². The molecule has 0 saturated carbocycles. The van der Waals surface area contributed by atoms with Crippen molar-refractivity contribution < 1.29 is 18.3 Å². The van der Waals surface area contributed by atoms with Gasteiger partial charge >= 0.3 is 0 Å². The molecule has 4 rings (SSSR count). The van der Waals surface area contributed by atoms with Crippen LogP contribution in [0.3, 0.4) is 0 Å². The van der Waals surface area contributed by atoms with Crippen molar-refractivity contribution in [2.45, 2.75) is 36.5 Å². The van der Waals surface area contributed by atoms with Crippen LogP contribution in [0.4, 0.5) is 5.69 Å². The van der Waals surface area contributed by atoms with E-state index in [4.69, 9.17) is 4.74 Å². The van der Waals surface area contributed by atoms with Gasteiger partial charge in [0.1, 0.15) is 17.5 Å². The van der Waals surface area contributed by atoms with E-state index in [2.05, 4.69) is 0 Å². The number of nitrogens with zero attached hydrogens (tertiary/aromatic N) is 2. The lowest BCUT2D eigenvalue weighted by molar-refractivity contribution is -0.0643. The highest BCUT2D eigenvalue weighted by molar-refractivity contribution is 7.92. The van der Waals surface area contributed by atoms with Gasteiger partial charge in [-0.1, -0.05) is 24.3 Å². The summed E-state index contributed by atoms with van der Waals surface area (Å²) in [5.41, 5.74) is -0.324. The van der Waals surface area contributed by atoms with Crippen LogP contribution in [0.15, 0.2) is 82.6 Å². The summed E-state index contributed by atoms with van der Waals surface area (Å²) in [7, 11) is -2.39. The number of fused-ring (bicyclic) bond motifs is 1. The molecule has 1 N–H and O–H groups in total. The number of pyridine rings is 1. The van der Waals surface area contributed by atoms with Crippen LogP contribution in [-0.4, -0.2) is 36.8 Å². The Bertz CT molecular complexity index is 1270. The molecule has 7 nitrogen and oxygen atoms in total. The molecule has 2 aromatic carbocycles. The molecular formula is C23H24N2O5S. The van der Waals surface area contributed by atoms with Crippen LogP contribution in [0.1, 0.15) is 25.5 Å². The third-order valence-corrected chi connectivity index (χ3v) is 7.39. The number of rotatable bonds is 4. The lowest BCUT2D eigenvalue weighted by atomic mass is 9.86. The van der Waals surface area contributed by atoms with Crippen LogP contribution >= 0.6 is 0 Å². The molecule has 1 aliphatic rings. The van der Waals surface area contributed by atoms with Gasteiger partial charge in [0.05, 0.1) is 16.6 Å². The van der Waals surface area contributed by atoms with Gasteiger partial charge in [-0.25, -0.2) is 8.42 Å². The second-order valence-electron chi connectivity index (χ2n) is 8.05. The first-order valence-corrected chi connectivity index (χ1v) is 11.3. The first kappa shape index (κ1) is 21.1. The number of sulfonamides is 1. The van der Waals surface area contributed by atoms with Crippen LogP contribution in [0.5, 0.6) is 5.75 Å². The fourth-order valence-corrected chi connectivity index (χ4v) is 5.04. The minimum atomic E-state index is -3.88. The Morgan fingerprint density at radius 1 is 1.03 bits per heavy atom. The first-order valence-electron chi connectivity index (χ1n) is 9.85. The Hall–Kier alpha value is -3.10. The zero-order valence-electron chi connectivity index (χ0n) is 17.5. The highest BCUT2D eigenvalue weighted by Gasteiger charge is 2.44. The molecular weight excluding hydrogens is 416 g/mol. The molecule has 0 bridgehead atoms. The summed E-state index contributed by atoms with van der Waals surface area (Å²) in [6, 6.07) is 17.2. The number of para-hydroxylation sites is 1. The van der Waals surface area contributed by atoms with Crippen molar-refractivity contribution in [3.63, 3.8) is 0 Å². The van der Waals surface area contributed by atoms with Gasteiger partial charge in [0.2, 0.25) is 0 Å². The lowest BCUT2D eigenvalue weighted by Gasteiger charge is -2.42. The highest BCUT2D eigenvalue weighted by atomic mass is 32.2. The third kappa shape index (κ3) is 3.62. The summed E-state index contributed by atoms with van der Waals surface area (Å²) in [6.45, 7) is 3.46. The van der Waals surface area contributed by atoms with E-state index in [0.29, 0.717) is 17.0 Å². The van der Waals surface area contributed by atoms with E-state index in [1.807, 2.05) is 6.07 Å². The topological polar surface area (TPSA) is 88.8 Å². The summed E-state index contributed by atoms with van der Waals surface area (Å²) < 4.78 is 35.1. The van der Waals surface area contributed by atoms with Gasteiger partial charge < -0.3 is 14.4 Å². The number of ether oxygens (including phenoxy) is 1. The molecule has 0 unspecified atom stereocenters. The van der Waals surface area contributed by atoms with E-state index in [-0.39, 0.29) is 10.5 Å². The number of hydrogen-bond acceptors (Lipinski definition) is 5. The van der Waals surface area contributed by atoms with E-state index < -0.39 is 27.8 Å². The zero-order chi connectivity index (χ0) is 22.4. The number of aliphatic hydroxyl groups excluding tert-OH is 1. The van der Waals surface area contributed by atoms with Gasteiger partial charge in [-0.2, -0.15) is 0 Å². The van der Waals surface area contributed by atoms with Crippen LogP contribution in [0.25, 0.3) is 0 Å². The largest absolute Gasteiger partial charge is 0.485 e. The molecule has 1 aliphatic heterocycles. The minimum absolute atomic E-state index is 0.0436. The Kier molecular flexibility index (Phi) is 5.15. The van der Waals surface area contributed by atoms with Crippen molar-refractivity contribution in [1.29, 1.82) is 0 Å². The molecule has 0 aliphatic carbocycles. The van der Waals surface area contributed by atoms with Gasteiger partial charge in [-0.3, -0.25) is 9.10 Å². The van der Waals surface area contributed by atoms with E-state index in [9.17, 15) is 18.3 Å². The lowest BCUT2D eigenvalue weighted by Crippen LogP contribution is -2.52. The molecule has 3 aromatic rings. The maximum Gasteiger partial charge on any atom is 0.264 e. The molecule has 1 aromatic heterocycles. The average molecular weight is 441 g/mol. The molecule has 0 spiro atoms. The highest BCUT2D eigenvalue weighted by Crippen LogP contribution is 2.42. The maximum atomic E-state index is 13.3. The van der Waals surface area contributed by atoms with Crippen LogP contribution in [-0.2, 0) is 10.0 Å². The normalized spacial score (nSPS) is 19.9. The van der Waals surface area contributed by atoms with Crippen molar-refractivity contribution in [2.24, 2.45) is 0 Å². The van der Waals surface area contributed by atoms with Crippen LogP contribution in [0.2, 0.25) is 0 Å². The Labute approximate surface area is 181 Å². The van der Waals surface area contributed by atoms with Gasteiger partial charge in [0.15, 0.2) is 0 Å². The van der Waals surface area contributed by atoms with Crippen LogP contribution < -0.4 is 14.6 Å². The molecule has 0 fully saturated rings. The SMILES string of the molecule is CN(c1ccccc1)S(=O)(=O)c1ccc2c(c1)[C@@H](n1ccccc1=O)[C@H](O)C(C)(C)O2. The van der Waals surface area contributed by atoms with E-state index in [1.54, 1.807) is 62.5 Å². The van der Waals surface area contributed by atoms with Crippen LogP contribution in [0, 0.1) is 0 Å². The zero-order valence-corrected chi connectivity index (χ0v) is 18.3. The fourth-order valence-electron chi connectivity index (χ4n) is 3.81. The molecule has 0 radical (unpaired) electrons. The molecule has 8 heteroatoms. The number of anilines is 1. The number of benzene rings is 2. The predicted molar refractivity (Wildman–Crippen MR) is 118 cm³/mol. The summed E-state index contributed by atoms with van der Waals surface area (Å²) in [5, 5.41) is 11.1.